The Labute approximate surface area is 146 Å². The van der Waals surface area contributed by atoms with Crippen molar-refractivity contribution in [3.63, 3.8) is 0 Å². The normalized spacial score (nSPS) is 10.4. The molecule has 2 aromatic rings. The molecule has 0 unspecified atom stereocenters. The van der Waals surface area contributed by atoms with E-state index in [1.54, 1.807) is 21.0 Å². The molecule has 0 atom stereocenters. The molecule has 1 heterocycles. The van der Waals surface area contributed by atoms with Crippen LogP contribution in [0.4, 0.5) is 11.5 Å². The Morgan fingerprint density at radius 1 is 1.25 bits per heavy atom. The number of anilines is 2. The van der Waals surface area contributed by atoms with Gasteiger partial charge in [-0.05, 0) is 44.7 Å². The number of nitrogens with zero attached hydrogens (tertiary/aromatic N) is 2. The number of benzene rings is 1. The van der Waals surface area contributed by atoms with Crippen LogP contribution in [-0.2, 0) is 4.74 Å². The SMILES string of the molecule is CCOC(=O)c1c(C)nc(SC)nc1Nc1cc(C)cc(OC)c1. The molecule has 0 saturated heterocycles. The number of thioether (sulfide) groups is 1. The minimum Gasteiger partial charge on any atom is -0.497 e. The smallest absolute Gasteiger partial charge is 0.343 e. The Morgan fingerprint density at radius 3 is 2.62 bits per heavy atom. The summed E-state index contributed by atoms with van der Waals surface area (Å²) in [4.78, 5) is 21.1. The van der Waals surface area contributed by atoms with E-state index < -0.39 is 5.97 Å². The molecule has 0 aliphatic carbocycles. The fourth-order valence-electron chi connectivity index (χ4n) is 2.25. The van der Waals surface area contributed by atoms with Crippen molar-refractivity contribution in [3.8, 4) is 5.75 Å². The predicted octanol–water partition coefficient (Wildman–Crippen LogP) is 3.74. The van der Waals surface area contributed by atoms with Gasteiger partial charge in [0.25, 0.3) is 0 Å². The molecule has 128 valence electrons. The van der Waals surface area contributed by atoms with Crippen LogP contribution >= 0.6 is 11.8 Å². The lowest BCUT2D eigenvalue weighted by Gasteiger charge is -2.14. The Kier molecular flexibility index (Phi) is 6.03. The van der Waals surface area contributed by atoms with Gasteiger partial charge in [0.2, 0.25) is 0 Å². The van der Waals surface area contributed by atoms with Gasteiger partial charge < -0.3 is 14.8 Å². The number of carbonyl (C=O) groups is 1. The summed E-state index contributed by atoms with van der Waals surface area (Å²) in [6, 6.07) is 5.72. The van der Waals surface area contributed by atoms with Crippen LogP contribution in [0.3, 0.4) is 0 Å². The number of esters is 1. The van der Waals surface area contributed by atoms with Crippen molar-refractivity contribution >= 4 is 29.2 Å². The van der Waals surface area contributed by atoms with Crippen LogP contribution in [0.2, 0.25) is 0 Å². The molecule has 1 aromatic carbocycles. The van der Waals surface area contributed by atoms with Crippen LogP contribution in [0.15, 0.2) is 23.4 Å². The Hall–Kier alpha value is -2.28. The third kappa shape index (κ3) is 4.17. The zero-order chi connectivity index (χ0) is 17.7. The van der Waals surface area contributed by atoms with E-state index in [1.807, 2.05) is 31.4 Å². The number of carbonyl (C=O) groups excluding carboxylic acids is 1. The van der Waals surface area contributed by atoms with Crippen LogP contribution in [0, 0.1) is 13.8 Å². The van der Waals surface area contributed by atoms with E-state index in [0.717, 1.165) is 17.0 Å². The van der Waals surface area contributed by atoms with Crippen LogP contribution in [0.25, 0.3) is 0 Å². The molecule has 7 heteroatoms. The van der Waals surface area contributed by atoms with Gasteiger partial charge in [-0.1, -0.05) is 11.8 Å². The molecular weight excluding hydrogens is 326 g/mol. The van der Waals surface area contributed by atoms with Crippen LogP contribution in [0.1, 0.15) is 28.5 Å². The average Bonchev–Trinajstić information content (AvgIpc) is 2.53. The Bertz CT molecular complexity index is 750. The summed E-state index contributed by atoms with van der Waals surface area (Å²) in [7, 11) is 1.61. The maximum absolute atomic E-state index is 12.3. The summed E-state index contributed by atoms with van der Waals surface area (Å²) < 4.78 is 10.4. The number of methoxy groups -OCH3 is 1. The van der Waals surface area contributed by atoms with Crippen LogP contribution in [0.5, 0.6) is 5.75 Å². The highest BCUT2D eigenvalue weighted by Crippen LogP contribution is 2.27. The van der Waals surface area contributed by atoms with E-state index in [9.17, 15) is 4.79 Å². The van der Waals surface area contributed by atoms with Gasteiger partial charge in [0, 0.05) is 11.8 Å². The van der Waals surface area contributed by atoms with Gasteiger partial charge in [0.1, 0.15) is 17.1 Å². The van der Waals surface area contributed by atoms with Crippen molar-refractivity contribution in [3.05, 3.63) is 35.0 Å². The predicted molar refractivity (Wildman–Crippen MR) is 95.5 cm³/mol. The van der Waals surface area contributed by atoms with Crippen molar-refractivity contribution in [2.75, 3.05) is 25.3 Å². The molecular formula is C17H21N3O3S. The van der Waals surface area contributed by atoms with Crippen molar-refractivity contribution in [1.29, 1.82) is 0 Å². The van der Waals surface area contributed by atoms with Gasteiger partial charge in [-0.3, -0.25) is 0 Å². The summed E-state index contributed by atoms with van der Waals surface area (Å²) >= 11 is 1.41. The van der Waals surface area contributed by atoms with Crippen molar-refractivity contribution in [2.24, 2.45) is 0 Å². The number of aromatic nitrogens is 2. The monoisotopic (exact) mass is 347 g/mol. The average molecular weight is 347 g/mol. The fourth-order valence-corrected chi connectivity index (χ4v) is 2.66. The molecule has 6 nitrogen and oxygen atoms in total. The summed E-state index contributed by atoms with van der Waals surface area (Å²) in [5, 5.41) is 3.78. The lowest BCUT2D eigenvalue weighted by molar-refractivity contribution is 0.0525. The highest BCUT2D eigenvalue weighted by atomic mass is 32.2. The van der Waals surface area contributed by atoms with Gasteiger partial charge in [-0.25, -0.2) is 14.8 Å². The first-order valence-electron chi connectivity index (χ1n) is 7.51. The summed E-state index contributed by atoms with van der Waals surface area (Å²) in [5.41, 5.74) is 2.73. The van der Waals surface area contributed by atoms with Crippen molar-refractivity contribution in [1.82, 2.24) is 9.97 Å². The highest BCUT2D eigenvalue weighted by molar-refractivity contribution is 7.98. The number of ether oxygens (including phenoxy) is 2. The molecule has 0 amide bonds. The standard InChI is InChI=1S/C17H21N3O3S/c1-6-23-16(21)14-11(3)18-17(24-5)20-15(14)19-12-7-10(2)8-13(9-12)22-4/h7-9H,6H2,1-5H3,(H,18,19,20). The Balaban J connectivity index is 2.49. The molecule has 0 bridgehead atoms. The minimum atomic E-state index is -0.440. The number of aryl methyl sites for hydroxylation is 2. The van der Waals surface area contributed by atoms with Crippen LogP contribution in [-0.4, -0.2) is 35.9 Å². The lowest BCUT2D eigenvalue weighted by atomic mass is 10.2. The molecule has 0 fully saturated rings. The second-order valence-electron chi connectivity index (χ2n) is 5.10. The zero-order valence-corrected chi connectivity index (χ0v) is 15.3. The highest BCUT2D eigenvalue weighted by Gasteiger charge is 2.20. The maximum atomic E-state index is 12.3. The molecule has 0 radical (unpaired) electrons. The van der Waals surface area contributed by atoms with Gasteiger partial charge >= 0.3 is 5.97 Å². The third-order valence-electron chi connectivity index (χ3n) is 3.28. The van der Waals surface area contributed by atoms with Crippen molar-refractivity contribution < 1.29 is 14.3 Å². The largest absolute Gasteiger partial charge is 0.497 e. The van der Waals surface area contributed by atoms with E-state index in [1.165, 1.54) is 11.8 Å². The quantitative estimate of drug-likeness (QED) is 0.485. The summed E-state index contributed by atoms with van der Waals surface area (Å²) in [5.74, 6) is 0.716. The van der Waals surface area contributed by atoms with E-state index in [2.05, 4.69) is 15.3 Å². The first-order valence-corrected chi connectivity index (χ1v) is 8.73. The Morgan fingerprint density at radius 2 is 2.00 bits per heavy atom. The second kappa shape index (κ2) is 8.01. The second-order valence-corrected chi connectivity index (χ2v) is 5.88. The van der Waals surface area contributed by atoms with Crippen molar-refractivity contribution in [2.45, 2.75) is 25.9 Å². The molecule has 0 aliphatic heterocycles. The van der Waals surface area contributed by atoms with Gasteiger partial charge in [-0.15, -0.1) is 0 Å². The molecule has 1 aromatic heterocycles. The first kappa shape index (κ1) is 18.1. The summed E-state index contributed by atoms with van der Waals surface area (Å²) in [6.07, 6.45) is 1.89. The molecule has 0 aliphatic rings. The van der Waals surface area contributed by atoms with Gasteiger partial charge in [-0.2, -0.15) is 0 Å². The minimum absolute atomic E-state index is 0.292. The molecule has 0 saturated carbocycles. The summed E-state index contributed by atoms with van der Waals surface area (Å²) in [6.45, 7) is 5.80. The fraction of sp³-hybridized carbons (Fsp3) is 0.353. The maximum Gasteiger partial charge on any atom is 0.343 e. The first-order chi connectivity index (χ1) is 11.5. The number of hydrogen-bond acceptors (Lipinski definition) is 7. The molecule has 0 spiro atoms. The van der Waals surface area contributed by atoms with E-state index >= 15 is 0 Å². The molecule has 2 rings (SSSR count). The zero-order valence-electron chi connectivity index (χ0n) is 14.5. The van der Waals surface area contributed by atoms with Crippen LogP contribution < -0.4 is 10.1 Å². The number of rotatable bonds is 6. The van der Waals surface area contributed by atoms with Gasteiger partial charge in [0.05, 0.1) is 19.4 Å². The van der Waals surface area contributed by atoms with Gasteiger partial charge in [0.15, 0.2) is 5.16 Å². The topological polar surface area (TPSA) is 73.3 Å². The lowest BCUT2D eigenvalue weighted by Crippen LogP contribution is -2.13. The molecule has 24 heavy (non-hydrogen) atoms. The van der Waals surface area contributed by atoms with E-state index in [4.69, 9.17) is 9.47 Å². The number of hydrogen-bond donors (Lipinski definition) is 1. The van der Waals surface area contributed by atoms with E-state index in [0.29, 0.717) is 28.8 Å². The van der Waals surface area contributed by atoms with E-state index in [-0.39, 0.29) is 0 Å². The molecule has 1 N–H and O–H groups in total. The number of nitrogens with one attached hydrogen (secondary N) is 1. The third-order valence-corrected chi connectivity index (χ3v) is 3.83.